The lowest BCUT2D eigenvalue weighted by Gasteiger charge is -2.10. The monoisotopic (exact) mass is 294 g/mol. The van der Waals surface area contributed by atoms with Crippen molar-refractivity contribution in [3.8, 4) is 5.75 Å². The van der Waals surface area contributed by atoms with Crippen LogP contribution in [0, 0.1) is 5.82 Å². The van der Waals surface area contributed by atoms with Crippen LogP contribution in [0.4, 0.5) is 15.8 Å². The number of ether oxygens (including phenoxy) is 1. The first-order chi connectivity index (χ1) is 9.56. The maximum atomic E-state index is 13.4. The standard InChI is InChI=1S/C14H12ClFN2O2/c15-9-4-6-10(7-5-9)18-13(19)8-20-14-11(16)2-1-3-12(14)17/h1-7H,8,17H2,(H,18,19). The summed E-state index contributed by atoms with van der Waals surface area (Å²) < 4.78 is 18.5. The summed E-state index contributed by atoms with van der Waals surface area (Å²) in [6, 6.07) is 10.8. The molecule has 2 aromatic carbocycles. The number of carbonyl (C=O) groups excluding carboxylic acids is 1. The third kappa shape index (κ3) is 3.61. The maximum Gasteiger partial charge on any atom is 0.262 e. The molecule has 0 spiro atoms. The Bertz CT molecular complexity index is 597. The van der Waals surface area contributed by atoms with E-state index >= 15 is 0 Å². The lowest BCUT2D eigenvalue weighted by atomic mass is 10.3. The number of halogens is 2. The molecule has 0 saturated carbocycles. The van der Waals surface area contributed by atoms with Gasteiger partial charge < -0.3 is 15.8 Å². The zero-order chi connectivity index (χ0) is 14.5. The van der Waals surface area contributed by atoms with Gasteiger partial charge >= 0.3 is 0 Å². The van der Waals surface area contributed by atoms with E-state index in [2.05, 4.69) is 5.32 Å². The van der Waals surface area contributed by atoms with Crippen molar-refractivity contribution < 1.29 is 13.9 Å². The highest BCUT2D eigenvalue weighted by Gasteiger charge is 2.10. The molecule has 2 rings (SSSR count). The van der Waals surface area contributed by atoms with Crippen molar-refractivity contribution in [3.63, 3.8) is 0 Å². The Hall–Kier alpha value is -2.27. The van der Waals surface area contributed by atoms with Gasteiger partial charge in [0.25, 0.3) is 5.91 Å². The predicted molar refractivity (Wildman–Crippen MR) is 76.4 cm³/mol. The van der Waals surface area contributed by atoms with Crippen LogP contribution in [-0.4, -0.2) is 12.5 Å². The second kappa shape index (κ2) is 6.25. The molecule has 0 aliphatic heterocycles. The minimum absolute atomic E-state index is 0.126. The molecular weight excluding hydrogens is 283 g/mol. The minimum Gasteiger partial charge on any atom is -0.479 e. The summed E-state index contributed by atoms with van der Waals surface area (Å²) in [6.07, 6.45) is 0. The average molecular weight is 295 g/mol. The smallest absolute Gasteiger partial charge is 0.262 e. The van der Waals surface area contributed by atoms with Gasteiger partial charge in [-0.05, 0) is 36.4 Å². The van der Waals surface area contributed by atoms with Crippen molar-refractivity contribution in [2.24, 2.45) is 0 Å². The third-order valence-corrected chi connectivity index (χ3v) is 2.72. The molecule has 1 amide bonds. The van der Waals surface area contributed by atoms with E-state index in [4.69, 9.17) is 22.1 Å². The maximum absolute atomic E-state index is 13.4. The first-order valence-electron chi connectivity index (χ1n) is 5.78. The number of carbonyl (C=O) groups is 1. The van der Waals surface area contributed by atoms with Crippen LogP contribution in [0.5, 0.6) is 5.75 Å². The summed E-state index contributed by atoms with van der Waals surface area (Å²) in [5.41, 5.74) is 6.28. The Morgan fingerprint density at radius 2 is 1.95 bits per heavy atom. The first-order valence-corrected chi connectivity index (χ1v) is 6.16. The molecule has 0 saturated heterocycles. The largest absolute Gasteiger partial charge is 0.479 e. The molecule has 0 radical (unpaired) electrons. The molecule has 0 heterocycles. The number of nitrogens with two attached hydrogens (primary N) is 1. The van der Waals surface area contributed by atoms with E-state index in [1.165, 1.54) is 18.2 Å². The SMILES string of the molecule is Nc1cccc(F)c1OCC(=O)Nc1ccc(Cl)cc1. The van der Waals surface area contributed by atoms with Gasteiger partial charge in [-0.3, -0.25) is 4.79 Å². The predicted octanol–water partition coefficient (Wildman–Crippen LogP) is 3.08. The average Bonchev–Trinajstić information content (AvgIpc) is 2.41. The molecule has 6 heteroatoms. The van der Waals surface area contributed by atoms with Crippen molar-refractivity contribution in [1.82, 2.24) is 0 Å². The van der Waals surface area contributed by atoms with E-state index in [0.717, 1.165) is 0 Å². The number of rotatable bonds is 4. The molecule has 0 unspecified atom stereocenters. The van der Waals surface area contributed by atoms with E-state index < -0.39 is 11.7 Å². The van der Waals surface area contributed by atoms with Gasteiger partial charge in [0.2, 0.25) is 0 Å². The van der Waals surface area contributed by atoms with Crippen LogP contribution in [0.15, 0.2) is 42.5 Å². The summed E-state index contributed by atoms with van der Waals surface area (Å²) in [7, 11) is 0. The molecule has 2 aromatic rings. The molecule has 20 heavy (non-hydrogen) atoms. The fraction of sp³-hybridized carbons (Fsp3) is 0.0714. The van der Waals surface area contributed by atoms with Crippen LogP contribution >= 0.6 is 11.6 Å². The Balaban J connectivity index is 1.94. The number of amides is 1. The Morgan fingerprint density at radius 1 is 1.25 bits per heavy atom. The molecule has 0 aliphatic carbocycles. The van der Waals surface area contributed by atoms with E-state index in [1.807, 2.05) is 0 Å². The van der Waals surface area contributed by atoms with Crippen LogP contribution in [0.3, 0.4) is 0 Å². The third-order valence-electron chi connectivity index (χ3n) is 2.47. The van der Waals surface area contributed by atoms with Gasteiger partial charge in [-0.25, -0.2) is 4.39 Å². The van der Waals surface area contributed by atoms with E-state index in [0.29, 0.717) is 10.7 Å². The number of para-hydroxylation sites is 1. The van der Waals surface area contributed by atoms with Gasteiger partial charge in [0.05, 0.1) is 5.69 Å². The summed E-state index contributed by atoms with van der Waals surface area (Å²) in [6.45, 7) is -0.340. The van der Waals surface area contributed by atoms with Crippen LogP contribution in [-0.2, 0) is 4.79 Å². The zero-order valence-electron chi connectivity index (χ0n) is 10.4. The second-order valence-electron chi connectivity index (χ2n) is 4.00. The van der Waals surface area contributed by atoms with Crippen molar-refractivity contribution in [2.75, 3.05) is 17.7 Å². The molecule has 104 valence electrons. The number of hydrogen-bond donors (Lipinski definition) is 2. The van der Waals surface area contributed by atoms with Crippen molar-refractivity contribution >= 4 is 28.9 Å². The zero-order valence-corrected chi connectivity index (χ0v) is 11.2. The number of nitrogen functional groups attached to an aromatic ring is 1. The van der Waals surface area contributed by atoms with Gasteiger partial charge in [0.15, 0.2) is 18.2 Å². The number of hydrogen-bond acceptors (Lipinski definition) is 3. The molecule has 0 aromatic heterocycles. The lowest BCUT2D eigenvalue weighted by molar-refractivity contribution is -0.118. The summed E-state index contributed by atoms with van der Waals surface area (Å²) in [5.74, 6) is -1.15. The molecule has 4 nitrogen and oxygen atoms in total. The van der Waals surface area contributed by atoms with Crippen LogP contribution in [0.2, 0.25) is 5.02 Å². The van der Waals surface area contributed by atoms with Crippen molar-refractivity contribution in [3.05, 3.63) is 53.3 Å². The molecule has 0 bridgehead atoms. The quantitative estimate of drug-likeness (QED) is 0.852. The lowest BCUT2D eigenvalue weighted by Crippen LogP contribution is -2.20. The van der Waals surface area contributed by atoms with Gasteiger partial charge in [-0.2, -0.15) is 0 Å². The van der Waals surface area contributed by atoms with Gasteiger partial charge in [0.1, 0.15) is 0 Å². The Labute approximate surface area is 120 Å². The van der Waals surface area contributed by atoms with Crippen LogP contribution in [0.25, 0.3) is 0 Å². The summed E-state index contributed by atoms with van der Waals surface area (Å²) in [4.78, 5) is 11.7. The molecule has 0 atom stereocenters. The highest BCUT2D eigenvalue weighted by atomic mass is 35.5. The number of anilines is 2. The molecular formula is C14H12ClFN2O2. The fourth-order valence-electron chi connectivity index (χ4n) is 1.55. The molecule has 0 fully saturated rings. The summed E-state index contributed by atoms with van der Waals surface area (Å²) >= 11 is 5.73. The summed E-state index contributed by atoms with van der Waals surface area (Å²) in [5, 5.41) is 3.16. The van der Waals surface area contributed by atoms with Crippen LogP contribution in [0.1, 0.15) is 0 Å². The van der Waals surface area contributed by atoms with E-state index in [9.17, 15) is 9.18 Å². The van der Waals surface area contributed by atoms with E-state index in [1.54, 1.807) is 24.3 Å². The molecule has 0 aliphatic rings. The fourth-order valence-corrected chi connectivity index (χ4v) is 1.67. The Morgan fingerprint density at radius 3 is 2.60 bits per heavy atom. The normalized spacial score (nSPS) is 10.1. The van der Waals surface area contributed by atoms with Gasteiger partial charge in [-0.15, -0.1) is 0 Å². The van der Waals surface area contributed by atoms with Crippen molar-refractivity contribution in [1.29, 1.82) is 0 Å². The van der Waals surface area contributed by atoms with Gasteiger partial charge in [-0.1, -0.05) is 17.7 Å². The van der Waals surface area contributed by atoms with Crippen molar-refractivity contribution in [2.45, 2.75) is 0 Å². The van der Waals surface area contributed by atoms with Gasteiger partial charge in [0, 0.05) is 10.7 Å². The van der Waals surface area contributed by atoms with Crippen LogP contribution < -0.4 is 15.8 Å². The topological polar surface area (TPSA) is 64.3 Å². The molecule has 3 N–H and O–H groups in total. The first kappa shape index (κ1) is 14.1. The second-order valence-corrected chi connectivity index (χ2v) is 4.44. The number of benzene rings is 2. The highest BCUT2D eigenvalue weighted by molar-refractivity contribution is 6.30. The number of nitrogens with one attached hydrogen (secondary N) is 1. The van der Waals surface area contributed by atoms with E-state index in [-0.39, 0.29) is 18.0 Å². The highest BCUT2D eigenvalue weighted by Crippen LogP contribution is 2.24. The minimum atomic E-state index is -0.607. The Kier molecular flexibility index (Phi) is 4.42.